The molecule has 2 aromatic rings. The van der Waals surface area contributed by atoms with Crippen LogP contribution in [-0.2, 0) is 17.8 Å². The van der Waals surface area contributed by atoms with E-state index < -0.39 is 5.97 Å². The molecule has 0 saturated heterocycles. The molecule has 0 aliphatic carbocycles. The van der Waals surface area contributed by atoms with Gasteiger partial charge in [-0.3, -0.25) is 9.59 Å². The van der Waals surface area contributed by atoms with Crippen LogP contribution >= 0.6 is 0 Å². The second-order valence-electron chi connectivity index (χ2n) is 4.29. The SMILES string of the molecule is Cc1ncoc1C(=O)NCc1ccccc1CC(=O)O. The number of amides is 1. The minimum absolute atomic E-state index is 0.0760. The summed E-state index contributed by atoms with van der Waals surface area (Å²) in [6.45, 7) is 1.92. The second-order valence-corrected chi connectivity index (χ2v) is 4.29. The van der Waals surface area contributed by atoms with Crippen LogP contribution in [0.4, 0.5) is 0 Å². The summed E-state index contributed by atoms with van der Waals surface area (Å²) in [7, 11) is 0. The molecular weight excluding hydrogens is 260 g/mol. The summed E-state index contributed by atoms with van der Waals surface area (Å²) in [5.74, 6) is -1.11. The van der Waals surface area contributed by atoms with E-state index in [0.29, 0.717) is 11.3 Å². The third-order valence-electron chi connectivity index (χ3n) is 2.85. The molecule has 0 radical (unpaired) electrons. The van der Waals surface area contributed by atoms with Gasteiger partial charge in [-0.1, -0.05) is 24.3 Å². The Bertz CT molecular complexity index is 634. The Morgan fingerprint density at radius 1 is 1.30 bits per heavy atom. The van der Waals surface area contributed by atoms with Crippen LogP contribution in [0.25, 0.3) is 0 Å². The summed E-state index contributed by atoms with van der Waals surface area (Å²) in [5, 5.41) is 11.5. The van der Waals surface area contributed by atoms with Crippen molar-refractivity contribution in [1.29, 1.82) is 0 Å². The summed E-state index contributed by atoms with van der Waals surface area (Å²) >= 11 is 0. The molecule has 0 aliphatic rings. The highest BCUT2D eigenvalue weighted by molar-refractivity contribution is 5.92. The van der Waals surface area contributed by atoms with Crippen LogP contribution in [0.15, 0.2) is 35.1 Å². The average molecular weight is 274 g/mol. The van der Waals surface area contributed by atoms with Gasteiger partial charge < -0.3 is 14.8 Å². The van der Waals surface area contributed by atoms with Gasteiger partial charge in [0.15, 0.2) is 6.39 Å². The first-order valence-electron chi connectivity index (χ1n) is 6.05. The molecular formula is C14H14N2O4. The Morgan fingerprint density at radius 3 is 2.60 bits per heavy atom. The number of hydrogen-bond donors (Lipinski definition) is 2. The molecule has 2 rings (SSSR count). The van der Waals surface area contributed by atoms with E-state index in [-0.39, 0.29) is 24.6 Å². The highest BCUT2D eigenvalue weighted by atomic mass is 16.4. The molecule has 0 aliphatic heterocycles. The van der Waals surface area contributed by atoms with E-state index in [1.54, 1.807) is 31.2 Å². The summed E-state index contributed by atoms with van der Waals surface area (Å²) in [6.07, 6.45) is 1.13. The lowest BCUT2D eigenvalue weighted by Crippen LogP contribution is -2.24. The van der Waals surface area contributed by atoms with Gasteiger partial charge in [0.25, 0.3) is 5.91 Å². The minimum Gasteiger partial charge on any atom is -0.481 e. The molecule has 6 nitrogen and oxygen atoms in total. The standard InChI is InChI=1S/C14H14N2O4/c1-9-13(20-8-16-9)14(19)15-7-11-5-3-2-4-10(11)6-12(17)18/h2-5,8H,6-7H2,1H3,(H,15,19)(H,17,18). The van der Waals surface area contributed by atoms with E-state index in [0.717, 1.165) is 5.56 Å². The quantitative estimate of drug-likeness (QED) is 0.862. The van der Waals surface area contributed by atoms with E-state index >= 15 is 0 Å². The van der Waals surface area contributed by atoms with Crippen molar-refractivity contribution in [2.75, 3.05) is 0 Å². The van der Waals surface area contributed by atoms with E-state index in [4.69, 9.17) is 9.52 Å². The number of carboxylic acids is 1. The van der Waals surface area contributed by atoms with Gasteiger partial charge in [0.05, 0.1) is 12.1 Å². The number of nitrogens with one attached hydrogen (secondary N) is 1. The second kappa shape index (κ2) is 6.01. The monoisotopic (exact) mass is 274 g/mol. The Balaban J connectivity index is 2.06. The molecule has 0 fully saturated rings. The van der Waals surface area contributed by atoms with E-state index in [9.17, 15) is 9.59 Å². The predicted molar refractivity (Wildman–Crippen MR) is 70.2 cm³/mol. The van der Waals surface area contributed by atoms with Gasteiger partial charge in [-0.05, 0) is 18.1 Å². The van der Waals surface area contributed by atoms with Gasteiger partial charge in [-0.15, -0.1) is 0 Å². The van der Waals surface area contributed by atoms with Crippen molar-refractivity contribution in [1.82, 2.24) is 10.3 Å². The Morgan fingerprint density at radius 2 is 2.00 bits per heavy atom. The van der Waals surface area contributed by atoms with Gasteiger partial charge >= 0.3 is 5.97 Å². The number of carbonyl (C=O) groups is 2. The first-order chi connectivity index (χ1) is 9.58. The summed E-state index contributed by atoms with van der Waals surface area (Å²) in [5.41, 5.74) is 1.95. The zero-order valence-electron chi connectivity index (χ0n) is 10.9. The number of oxazole rings is 1. The van der Waals surface area contributed by atoms with Gasteiger partial charge in [-0.25, -0.2) is 4.98 Å². The topological polar surface area (TPSA) is 92.4 Å². The van der Waals surface area contributed by atoms with Crippen molar-refractivity contribution in [2.24, 2.45) is 0 Å². The molecule has 104 valence electrons. The van der Waals surface area contributed by atoms with Crippen LogP contribution in [0.1, 0.15) is 27.4 Å². The summed E-state index contributed by atoms with van der Waals surface area (Å²) in [4.78, 5) is 26.5. The van der Waals surface area contributed by atoms with Crippen molar-refractivity contribution in [3.63, 3.8) is 0 Å². The predicted octanol–water partition coefficient (Wildman–Crippen LogP) is 1.54. The molecule has 1 amide bonds. The number of aryl methyl sites for hydroxylation is 1. The zero-order chi connectivity index (χ0) is 14.5. The van der Waals surface area contributed by atoms with Crippen LogP contribution in [0.2, 0.25) is 0 Å². The Kier molecular flexibility index (Phi) is 4.14. The zero-order valence-corrected chi connectivity index (χ0v) is 10.9. The maximum Gasteiger partial charge on any atom is 0.307 e. The Labute approximate surface area is 115 Å². The van der Waals surface area contributed by atoms with Crippen LogP contribution in [-0.4, -0.2) is 22.0 Å². The fourth-order valence-electron chi connectivity index (χ4n) is 1.84. The van der Waals surface area contributed by atoms with E-state index in [1.165, 1.54) is 6.39 Å². The molecule has 20 heavy (non-hydrogen) atoms. The number of carbonyl (C=O) groups excluding carboxylic acids is 1. The number of hydrogen-bond acceptors (Lipinski definition) is 4. The molecule has 2 N–H and O–H groups in total. The molecule has 1 aromatic carbocycles. The number of aromatic nitrogens is 1. The van der Waals surface area contributed by atoms with E-state index in [1.807, 2.05) is 0 Å². The van der Waals surface area contributed by atoms with Gasteiger partial charge in [0.1, 0.15) is 0 Å². The largest absolute Gasteiger partial charge is 0.481 e. The van der Waals surface area contributed by atoms with Crippen molar-refractivity contribution >= 4 is 11.9 Å². The third-order valence-corrected chi connectivity index (χ3v) is 2.85. The van der Waals surface area contributed by atoms with Crippen LogP contribution in [0.3, 0.4) is 0 Å². The van der Waals surface area contributed by atoms with Crippen molar-refractivity contribution < 1.29 is 19.1 Å². The van der Waals surface area contributed by atoms with Crippen LogP contribution in [0, 0.1) is 6.92 Å². The third kappa shape index (κ3) is 3.23. The highest BCUT2D eigenvalue weighted by Crippen LogP contribution is 2.10. The molecule has 1 heterocycles. The van der Waals surface area contributed by atoms with Crippen molar-refractivity contribution in [3.8, 4) is 0 Å². The average Bonchev–Trinajstić information content (AvgIpc) is 2.83. The molecule has 0 unspecified atom stereocenters. The maximum atomic E-state index is 11.9. The van der Waals surface area contributed by atoms with Gasteiger partial charge in [0, 0.05) is 6.54 Å². The normalized spacial score (nSPS) is 10.2. The number of nitrogens with zero attached hydrogens (tertiary/aromatic N) is 1. The number of aliphatic carboxylic acids is 1. The molecule has 1 aromatic heterocycles. The summed E-state index contributed by atoms with van der Waals surface area (Å²) < 4.78 is 4.99. The lowest BCUT2D eigenvalue weighted by Gasteiger charge is -2.08. The number of rotatable bonds is 5. The maximum absolute atomic E-state index is 11.9. The molecule has 0 atom stereocenters. The molecule has 0 saturated carbocycles. The van der Waals surface area contributed by atoms with E-state index in [2.05, 4.69) is 10.3 Å². The Hall–Kier alpha value is -2.63. The number of carboxylic acid groups (broad SMARTS) is 1. The molecule has 0 spiro atoms. The summed E-state index contributed by atoms with van der Waals surface area (Å²) in [6, 6.07) is 7.08. The fraction of sp³-hybridized carbons (Fsp3) is 0.214. The van der Waals surface area contributed by atoms with Gasteiger partial charge in [-0.2, -0.15) is 0 Å². The number of benzene rings is 1. The van der Waals surface area contributed by atoms with Crippen LogP contribution < -0.4 is 5.32 Å². The first kappa shape index (κ1) is 13.8. The highest BCUT2D eigenvalue weighted by Gasteiger charge is 2.14. The smallest absolute Gasteiger partial charge is 0.307 e. The molecule has 0 bridgehead atoms. The van der Waals surface area contributed by atoms with Crippen molar-refractivity contribution in [3.05, 3.63) is 53.2 Å². The fourth-order valence-corrected chi connectivity index (χ4v) is 1.84. The lowest BCUT2D eigenvalue weighted by atomic mass is 10.0. The first-order valence-corrected chi connectivity index (χ1v) is 6.05. The minimum atomic E-state index is -0.908. The van der Waals surface area contributed by atoms with Crippen LogP contribution in [0.5, 0.6) is 0 Å². The van der Waals surface area contributed by atoms with Gasteiger partial charge in [0.2, 0.25) is 5.76 Å². The van der Waals surface area contributed by atoms with Crippen molar-refractivity contribution in [2.45, 2.75) is 19.9 Å². The molecule has 6 heteroatoms. The lowest BCUT2D eigenvalue weighted by molar-refractivity contribution is -0.136.